The Balaban J connectivity index is 1.16. The molecule has 5 rings (SSSR count). The van der Waals surface area contributed by atoms with Crippen molar-refractivity contribution in [2.45, 2.75) is 127 Å². The summed E-state index contributed by atoms with van der Waals surface area (Å²) < 4.78 is 0. The zero-order valence-corrected chi connectivity index (χ0v) is 31.2. The van der Waals surface area contributed by atoms with E-state index >= 15 is 0 Å². The number of benzene rings is 1. The van der Waals surface area contributed by atoms with Crippen molar-refractivity contribution in [3.05, 3.63) is 72.1 Å². The fraction of sp³-hybridized carbons (Fsp3) is 0.581. The molecular weight excluding hydrogens is 670 g/mol. The van der Waals surface area contributed by atoms with Gasteiger partial charge in [0.1, 0.15) is 17.3 Å². The zero-order valence-electron chi connectivity index (χ0n) is 31.2. The number of anilines is 1. The van der Waals surface area contributed by atoms with E-state index in [4.69, 9.17) is 5.73 Å². The summed E-state index contributed by atoms with van der Waals surface area (Å²) in [7, 11) is 0. The third kappa shape index (κ3) is 11.6. The number of phenolic OH excluding ortho intramolecular Hbond substituents is 2. The van der Waals surface area contributed by atoms with Gasteiger partial charge in [0.05, 0.1) is 23.7 Å². The Morgan fingerprint density at radius 3 is 2.45 bits per heavy atom. The topological polar surface area (TPSA) is 193 Å². The van der Waals surface area contributed by atoms with Crippen molar-refractivity contribution in [3.63, 3.8) is 0 Å². The summed E-state index contributed by atoms with van der Waals surface area (Å²) in [5.74, 6) is -0.951. The number of nitrogens with zero attached hydrogens (tertiary/aromatic N) is 1. The lowest BCUT2D eigenvalue weighted by molar-refractivity contribution is -0.146. The van der Waals surface area contributed by atoms with E-state index in [1.54, 1.807) is 18.3 Å². The molecule has 10 nitrogen and oxygen atoms in total. The molecule has 3 aromatic rings. The third-order valence-corrected chi connectivity index (χ3v) is 11.9. The number of phenols is 2. The maximum Gasteiger partial charge on any atom is 0.309 e. The molecule has 0 bridgehead atoms. The zero-order chi connectivity index (χ0) is 38.0. The Labute approximate surface area is 314 Å². The van der Waals surface area contributed by atoms with E-state index < -0.39 is 23.6 Å². The second-order valence-corrected chi connectivity index (χ2v) is 16.0. The average molecular weight is 732 g/mol. The van der Waals surface area contributed by atoms with Crippen molar-refractivity contribution < 1.29 is 35.4 Å². The van der Waals surface area contributed by atoms with Gasteiger partial charge in [-0.05, 0) is 124 Å². The first-order valence-electron chi connectivity index (χ1n) is 19.8. The minimum Gasteiger partial charge on any atom is -0.508 e. The normalized spacial score (nSPS) is 25.4. The highest BCUT2D eigenvalue weighted by Gasteiger charge is 2.46. The number of hydrogen-bond donors (Lipinski definition) is 8. The Kier molecular flexibility index (Phi) is 14.4. The van der Waals surface area contributed by atoms with E-state index in [0.29, 0.717) is 43.0 Å². The predicted molar refractivity (Wildman–Crippen MR) is 207 cm³/mol. The predicted octanol–water partition coefficient (Wildman–Crippen LogP) is 7.54. The number of rotatable bonds is 20. The van der Waals surface area contributed by atoms with Gasteiger partial charge >= 0.3 is 5.97 Å². The number of aromatic amines is 1. The Hall–Kier alpha value is -3.86. The highest BCUT2D eigenvalue weighted by atomic mass is 16.4. The summed E-state index contributed by atoms with van der Waals surface area (Å²) in [5, 5.41) is 64.2. The first kappa shape index (κ1) is 40.3. The van der Waals surface area contributed by atoms with Crippen LogP contribution in [0.2, 0.25) is 0 Å². The number of carboxylic acids is 1. The maximum absolute atomic E-state index is 12.3. The van der Waals surface area contributed by atoms with E-state index in [1.807, 2.05) is 24.3 Å². The molecule has 0 spiro atoms. The number of aliphatic hydroxyl groups excluding tert-OH is 2. The number of nitrogens with one attached hydrogen (secondary N) is 1. The van der Waals surface area contributed by atoms with Crippen LogP contribution < -0.4 is 5.73 Å². The SMILES string of the molecule is CCCCCC1C=CC(CCCCCC(C(=O)O)C(O)CCC2(O)CC(Cc3ccnc(N)c3)CC2Cc2ccc(-c3cc(O)cc(O)c3)[nH]2)C(O)C1. The number of nitrogen functional groups attached to an aromatic ring is 1. The lowest BCUT2D eigenvalue weighted by atomic mass is 9.80. The van der Waals surface area contributed by atoms with Gasteiger partial charge in [-0.2, -0.15) is 0 Å². The second kappa shape index (κ2) is 18.9. The fourth-order valence-electron chi connectivity index (χ4n) is 8.96. The molecule has 10 heteroatoms. The monoisotopic (exact) mass is 731 g/mol. The molecule has 8 atom stereocenters. The van der Waals surface area contributed by atoms with Crippen LogP contribution in [0.1, 0.15) is 108 Å². The summed E-state index contributed by atoms with van der Waals surface area (Å²) in [6, 6.07) is 12.0. The molecule has 2 aliphatic carbocycles. The molecule has 0 aliphatic heterocycles. The molecular formula is C43H61N3O7. The van der Waals surface area contributed by atoms with Gasteiger partial charge in [-0.25, -0.2) is 4.98 Å². The number of aliphatic carboxylic acids is 1. The molecule has 1 saturated carbocycles. The van der Waals surface area contributed by atoms with E-state index in [9.17, 15) is 35.4 Å². The number of H-pyrrole nitrogens is 1. The van der Waals surface area contributed by atoms with Gasteiger partial charge in [-0.3, -0.25) is 4.79 Å². The van der Waals surface area contributed by atoms with Gasteiger partial charge in [0.25, 0.3) is 0 Å². The molecule has 0 radical (unpaired) electrons. The Bertz CT molecular complexity index is 1620. The molecule has 2 heterocycles. The van der Waals surface area contributed by atoms with Gasteiger partial charge < -0.3 is 41.4 Å². The average Bonchev–Trinajstić information content (AvgIpc) is 3.69. The summed E-state index contributed by atoms with van der Waals surface area (Å²) in [6.07, 6.45) is 16.9. The van der Waals surface area contributed by atoms with Crippen LogP contribution in [0.15, 0.2) is 60.8 Å². The molecule has 290 valence electrons. The van der Waals surface area contributed by atoms with Gasteiger partial charge in [0.2, 0.25) is 0 Å². The van der Waals surface area contributed by atoms with Crippen LogP contribution in [0.5, 0.6) is 11.5 Å². The number of pyridine rings is 1. The first-order valence-corrected chi connectivity index (χ1v) is 19.8. The molecule has 2 aromatic heterocycles. The minimum absolute atomic E-state index is 0.0399. The molecule has 1 aromatic carbocycles. The van der Waals surface area contributed by atoms with Crippen LogP contribution in [0.3, 0.4) is 0 Å². The van der Waals surface area contributed by atoms with Crippen molar-refractivity contribution in [3.8, 4) is 22.8 Å². The van der Waals surface area contributed by atoms with Gasteiger partial charge in [-0.1, -0.05) is 57.6 Å². The van der Waals surface area contributed by atoms with Crippen molar-refractivity contribution >= 4 is 11.8 Å². The van der Waals surface area contributed by atoms with Crippen LogP contribution in [-0.2, 0) is 17.6 Å². The number of carboxylic acid groups (broad SMARTS) is 1. The van der Waals surface area contributed by atoms with Gasteiger partial charge in [-0.15, -0.1) is 0 Å². The molecule has 0 saturated heterocycles. The highest BCUT2D eigenvalue weighted by molar-refractivity contribution is 5.70. The van der Waals surface area contributed by atoms with Gasteiger partial charge in [0, 0.05) is 35.1 Å². The van der Waals surface area contributed by atoms with Crippen molar-refractivity contribution in [2.24, 2.45) is 29.6 Å². The second-order valence-electron chi connectivity index (χ2n) is 16.0. The largest absolute Gasteiger partial charge is 0.508 e. The number of aromatic nitrogens is 2. The van der Waals surface area contributed by atoms with Crippen LogP contribution in [-0.4, -0.2) is 64.4 Å². The van der Waals surface area contributed by atoms with Crippen LogP contribution in [0, 0.1) is 29.6 Å². The lowest BCUT2D eigenvalue weighted by Gasteiger charge is -2.32. The van der Waals surface area contributed by atoms with Crippen molar-refractivity contribution in [1.29, 1.82) is 0 Å². The number of carbonyl (C=O) groups is 1. The Morgan fingerprint density at radius 1 is 0.962 bits per heavy atom. The van der Waals surface area contributed by atoms with Crippen LogP contribution in [0.4, 0.5) is 5.82 Å². The summed E-state index contributed by atoms with van der Waals surface area (Å²) >= 11 is 0. The molecule has 1 fully saturated rings. The summed E-state index contributed by atoms with van der Waals surface area (Å²) in [5.41, 5.74) is 8.14. The standard InChI is InChI=1S/C43H61N3O7/c1-2-3-5-8-28-11-12-31(40(50)21-28)9-6-4-7-10-37(42(51)52)39(49)15-17-43(53)27-30(19-29-16-18-45-41(44)22-29)20-33(43)25-34-13-14-38(46-34)32-23-35(47)26-36(48)24-32/h11-14,16,18,22-24,26,28,30-31,33,37,39-40,46-50,53H,2-10,15,17,19-21,25,27H2,1H3,(H2,44,45)(H,51,52). The van der Waals surface area contributed by atoms with E-state index in [1.165, 1.54) is 25.3 Å². The van der Waals surface area contributed by atoms with E-state index in [0.717, 1.165) is 61.9 Å². The van der Waals surface area contributed by atoms with Crippen LogP contribution in [0.25, 0.3) is 11.3 Å². The lowest BCUT2D eigenvalue weighted by Crippen LogP contribution is -2.37. The maximum atomic E-state index is 12.3. The first-order chi connectivity index (χ1) is 25.4. The molecule has 2 aliphatic rings. The number of allylic oxidation sites excluding steroid dienone is 1. The number of aromatic hydroxyl groups is 2. The fourth-order valence-corrected chi connectivity index (χ4v) is 8.96. The smallest absolute Gasteiger partial charge is 0.309 e. The number of aliphatic hydroxyl groups is 3. The van der Waals surface area contributed by atoms with Crippen molar-refractivity contribution in [2.75, 3.05) is 5.73 Å². The molecule has 9 N–H and O–H groups in total. The number of nitrogens with two attached hydrogens (primary N) is 1. The number of hydrogen-bond acceptors (Lipinski definition) is 8. The minimum atomic E-state index is -1.12. The highest BCUT2D eigenvalue weighted by Crippen LogP contribution is 2.46. The molecule has 0 amide bonds. The number of unbranched alkanes of at least 4 members (excludes halogenated alkanes) is 4. The van der Waals surface area contributed by atoms with E-state index in [-0.39, 0.29) is 48.2 Å². The van der Waals surface area contributed by atoms with Crippen molar-refractivity contribution in [1.82, 2.24) is 9.97 Å². The third-order valence-electron chi connectivity index (χ3n) is 11.9. The van der Waals surface area contributed by atoms with Crippen LogP contribution >= 0.6 is 0 Å². The summed E-state index contributed by atoms with van der Waals surface area (Å²) in [6.45, 7) is 2.20. The van der Waals surface area contributed by atoms with E-state index in [2.05, 4.69) is 29.0 Å². The van der Waals surface area contributed by atoms with Gasteiger partial charge in [0.15, 0.2) is 0 Å². The molecule has 8 unspecified atom stereocenters. The Morgan fingerprint density at radius 2 is 1.74 bits per heavy atom. The summed E-state index contributed by atoms with van der Waals surface area (Å²) in [4.78, 5) is 19.8. The molecule has 53 heavy (non-hydrogen) atoms. The quantitative estimate of drug-likeness (QED) is 0.0428.